The van der Waals surface area contributed by atoms with E-state index >= 15 is 0 Å². The first-order valence-electron chi connectivity index (χ1n) is 5.36. The van der Waals surface area contributed by atoms with Crippen LogP contribution < -0.4 is 5.32 Å². The van der Waals surface area contributed by atoms with Gasteiger partial charge in [-0.05, 0) is 39.7 Å². The Kier molecular flexibility index (Phi) is 4.08. The van der Waals surface area contributed by atoms with Gasteiger partial charge in [-0.15, -0.1) is 0 Å². The number of likely N-dealkylation sites (N-methyl/N-ethyl adjacent to an activating group) is 1. The molecule has 1 rings (SSSR count). The molecule has 14 heavy (non-hydrogen) atoms. The number of carbonyl (C=O) groups is 1. The summed E-state index contributed by atoms with van der Waals surface area (Å²) in [6.45, 7) is 5.51. The third-order valence-corrected chi connectivity index (χ3v) is 3.14. The fourth-order valence-corrected chi connectivity index (χ4v) is 1.61. The van der Waals surface area contributed by atoms with Gasteiger partial charge >= 0.3 is 0 Å². The monoisotopic (exact) mass is 199 g/mol. The highest BCUT2D eigenvalue weighted by Crippen LogP contribution is 2.21. The van der Waals surface area contributed by atoms with Crippen LogP contribution in [0.25, 0.3) is 0 Å². The second kappa shape index (κ2) is 4.89. The number of ketones is 1. The molecule has 0 aliphatic carbocycles. The van der Waals surface area contributed by atoms with Gasteiger partial charge in [0.1, 0.15) is 0 Å². The summed E-state index contributed by atoms with van der Waals surface area (Å²) in [7, 11) is 1.84. The lowest BCUT2D eigenvalue weighted by Crippen LogP contribution is -2.45. The summed E-state index contributed by atoms with van der Waals surface area (Å²) in [5.41, 5.74) is -0.377. The zero-order valence-corrected chi connectivity index (χ0v) is 9.43. The molecule has 1 fully saturated rings. The van der Waals surface area contributed by atoms with E-state index in [1.54, 1.807) is 0 Å². The molecule has 3 heteroatoms. The molecule has 0 spiro atoms. The lowest BCUT2D eigenvalue weighted by molar-refractivity contribution is -0.125. The Balaban J connectivity index is 2.39. The van der Waals surface area contributed by atoms with Gasteiger partial charge in [-0.1, -0.05) is 0 Å². The summed E-state index contributed by atoms with van der Waals surface area (Å²) >= 11 is 0. The Morgan fingerprint density at radius 2 is 2.00 bits per heavy atom. The van der Waals surface area contributed by atoms with Gasteiger partial charge in [0.05, 0.1) is 5.54 Å². The van der Waals surface area contributed by atoms with Crippen molar-refractivity contribution in [3.63, 3.8) is 0 Å². The predicted octanol–water partition coefficient (Wildman–Crippen LogP) is 1.37. The highest BCUT2D eigenvalue weighted by Gasteiger charge is 2.28. The van der Waals surface area contributed by atoms with Gasteiger partial charge in [0.15, 0.2) is 5.78 Å². The highest BCUT2D eigenvalue weighted by molar-refractivity contribution is 5.87. The van der Waals surface area contributed by atoms with E-state index in [9.17, 15) is 4.79 Å². The molecule has 0 aromatic heterocycles. The van der Waals surface area contributed by atoms with Crippen LogP contribution >= 0.6 is 0 Å². The predicted molar refractivity (Wildman–Crippen MR) is 56.3 cm³/mol. The average Bonchev–Trinajstić information content (AvgIpc) is 2.19. The van der Waals surface area contributed by atoms with Crippen molar-refractivity contribution in [2.45, 2.75) is 38.6 Å². The van der Waals surface area contributed by atoms with Crippen LogP contribution in [0.1, 0.15) is 33.1 Å². The topological polar surface area (TPSA) is 38.3 Å². The van der Waals surface area contributed by atoms with E-state index in [1.807, 2.05) is 20.9 Å². The van der Waals surface area contributed by atoms with E-state index in [2.05, 4.69) is 5.32 Å². The number of carbonyl (C=O) groups excluding carboxylic acids is 1. The fourth-order valence-electron chi connectivity index (χ4n) is 1.61. The highest BCUT2D eigenvalue weighted by atomic mass is 16.5. The van der Waals surface area contributed by atoms with Crippen molar-refractivity contribution in [3.05, 3.63) is 0 Å². The molecule has 0 aromatic rings. The summed E-state index contributed by atoms with van der Waals surface area (Å²) in [6.07, 6.45) is 2.76. The van der Waals surface area contributed by atoms with Gasteiger partial charge in [-0.2, -0.15) is 0 Å². The summed E-state index contributed by atoms with van der Waals surface area (Å²) in [4.78, 5) is 11.9. The van der Waals surface area contributed by atoms with Gasteiger partial charge in [-0.25, -0.2) is 0 Å². The maximum Gasteiger partial charge on any atom is 0.152 e. The second-order valence-corrected chi connectivity index (χ2v) is 4.56. The Morgan fingerprint density at radius 1 is 1.43 bits per heavy atom. The lowest BCUT2D eigenvalue weighted by atomic mass is 9.87. The molecule has 0 amide bonds. The first-order chi connectivity index (χ1) is 6.56. The van der Waals surface area contributed by atoms with Crippen molar-refractivity contribution in [2.24, 2.45) is 5.92 Å². The molecular weight excluding hydrogens is 178 g/mol. The Hall–Kier alpha value is -0.410. The van der Waals surface area contributed by atoms with Crippen LogP contribution in [-0.2, 0) is 9.53 Å². The van der Waals surface area contributed by atoms with Crippen LogP contribution in [0.5, 0.6) is 0 Å². The summed E-state index contributed by atoms with van der Waals surface area (Å²) in [6, 6.07) is 0. The summed E-state index contributed by atoms with van der Waals surface area (Å²) < 4.78 is 5.27. The normalized spacial score (nSPS) is 19.6. The van der Waals surface area contributed by atoms with Crippen LogP contribution in [0.4, 0.5) is 0 Å². The minimum Gasteiger partial charge on any atom is -0.381 e. The van der Waals surface area contributed by atoms with Crippen molar-refractivity contribution in [1.82, 2.24) is 5.32 Å². The first kappa shape index (κ1) is 11.7. The van der Waals surface area contributed by atoms with E-state index in [4.69, 9.17) is 4.74 Å². The molecule has 1 N–H and O–H groups in total. The van der Waals surface area contributed by atoms with Crippen molar-refractivity contribution in [2.75, 3.05) is 20.3 Å². The number of nitrogens with one attached hydrogen (secondary N) is 1. The number of ether oxygens (including phenoxy) is 1. The summed E-state index contributed by atoms with van der Waals surface area (Å²) in [5, 5.41) is 3.05. The number of hydrogen-bond donors (Lipinski definition) is 1. The van der Waals surface area contributed by atoms with E-state index < -0.39 is 0 Å². The molecule has 0 radical (unpaired) electrons. The van der Waals surface area contributed by atoms with Crippen LogP contribution in [0.2, 0.25) is 0 Å². The van der Waals surface area contributed by atoms with Gasteiger partial charge in [0, 0.05) is 19.6 Å². The minimum atomic E-state index is -0.377. The van der Waals surface area contributed by atoms with Crippen LogP contribution in [0.3, 0.4) is 0 Å². The fraction of sp³-hybridized carbons (Fsp3) is 0.909. The maximum atomic E-state index is 11.9. The molecule has 0 unspecified atom stereocenters. The molecule has 1 aliphatic rings. The van der Waals surface area contributed by atoms with E-state index in [0.29, 0.717) is 18.1 Å². The van der Waals surface area contributed by atoms with Gasteiger partial charge in [0.2, 0.25) is 0 Å². The largest absolute Gasteiger partial charge is 0.381 e. The first-order valence-corrected chi connectivity index (χ1v) is 5.36. The molecule has 0 bridgehead atoms. The molecule has 1 aliphatic heterocycles. The second-order valence-electron chi connectivity index (χ2n) is 4.56. The molecule has 0 saturated carbocycles. The van der Waals surface area contributed by atoms with Crippen LogP contribution in [-0.4, -0.2) is 31.6 Å². The van der Waals surface area contributed by atoms with Crippen LogP contribution in [0.15, 0.2) is 0 Å². The van der Waals surface area contributed by atoms with Crippen molar-refractivity contribution < 1.29 is 9.53 Å². The number of Topliss-reactive ketones (excluding diaryl/α,β-unsaturated/α-hetero) is 1. The molecule has 82 valence electrons. The van der Waals surface area contributed by atoms with Crippen LogP contribution in [0, 0.1) is 5.92 Å². The molecule has 0 aromatic carbocycles. The zero-order valence-electron chi connectivity index (χ0n) is 9.43. The Morgan fingerprint density at radius 3 is 2.50 bits per heavy atom. The van der Waals surface area contributed by atoms with E-state index in [1.165, 1.54) is 0 Å². The third-order valence-electron chi connectivity index (χ3n) is 3.14. The van der Waals surface area contributed by atoms with E-state index in [-0.39, 0.29) is 5.54 Å². The van der Waals surface area contributed by atoms with Crippen molar-refractivity contribution >= 4 is 5.78 Å². The Bertz CT molecular complexity index is 195. The lowest BCUT2D eigenvalue weighted by Gasteiger charge is -2.27. The summed E-state index contributed by atoms with van der Waals surface area (Å²) in [5.74, 6) is 0.843. The van der Waals surface area contributed by atoms with Crippen molar-refractivity contribution in [3.8, 4) is 0 Å². The Labute approximate surface area is 86.2 Å². The number of hydrogen-bond acceptors (Lipinski definition) is 3. The maximum absolute atomic E-state index is 11.9. The molecule has 1 heterocycles. The minimum absolute atomic E-state index is 0.312. The number of rotatable bonds is 4. The SMILES string of the molecule is CNC(C)(C)C(=O)CC1CCOCC1. The van der Waals surface area contributed by atoms with Gasteiger partial charge in [-0.3, -0.25) is 4.79 Å². The molecule has 1 saturated heterocycles. The zero-order chi connectivity index (χ0) is 10.6. The molecular formula is C11H21NO2. The standard InChI is InChI=1S/C11H21NO2/c1-11(2,12-3)10(13)8-9-4-6-14-7-5-9/h9,12H,4-8H2,1-3H3. The molecule has 3 nitrogen and oxygen atoms in total. The van der Waals surface area contributed by atoms with Gasteiger partial charge < -0.3 is 10.1 Å². The van der Waals surface area contributed by atoms with E-state index in [0.717, 1.165) is 26.1 Å². The third kappa shape index (κ3) is 3.07. The quantitative estimate of drug-likeness (QED) is 0.743. The van der Waals surface area contributed by atoms with Gasteiger partial charge in [0.25, 0.3) is 0 Å². The van der Waals surface area contributed by atoms with Crippen molar-refractivity contribution in [1.29, 1.82) is 0 Å². The average molecular weight is 199 g/mol. The smallest absolute Gasteiger partial charge is 0.152 e. The molecule has 0 atom stereocenters.